The maximum absolute atomic E-state index is 11.8. The number of esters is 1. The molecule has 0 amide bonds. The number of carbonyl (C=O) groups is 1. The maximum Gasteiger partial charge on any atom is 0.339 e. The van der Waals surface area contributed by atoms with E-state index in [-0.39, 0.29) is 0 Å². The Hall–Kier alpha value is -0.730. The highest BCUT2D eigenvalue weighted by Gasteiger charge is 2.12. The van der Waals surface area contributed by atoms with Crippen LogP contribution in [0, 0.1) is 0 Å². The third-order valence-electron chi connectivity index (χ3n) is 2.88. The second-order valence-corrected chi connectivity index (χ2v) is 5.37. The molecule has 0 aliphatic rings. The molecule has 2 nitrogen and oxygen atoms in total. The summed E-state index contributed by atoms with van der Waals surface area (Å²) in [6.45, 7) is 2.63. The molecule has 0 radical (unpaired) electrons. The minimum absolute atomic E-state index is 0.333. The molecular formula is C15H20Cl2O2. The van der Waals surface area contributed by atoms with E-state index in [1.165, 1.54) is 31.7 Å². The molecule has 1 rings (SSSR count). The second-order valence-electron chi connectivity index (χ2n) is 4.53. The third kappa shape index (κ3) is 6.31. The predicted molar refractivity (Wildman–Crippen MR) is 80.1 cm³/mol. The summed E-state index contributed by atoms with van der Waals surface area (Å²) >= 11 is 11.8. The van der Waals surface area contributed by atoms with E-state index in [0.717, 1.165) is 12.8 Å². The van der Waals surface area contributed by atoms with Gasteiger partial charge in [-0.2, -0.15) is 0 Å². The Kier molecular flexibility index (Phi) is 7.92. The smallest absolute Gasteiger partial charge is 0.339 e. The Morgan fingerprint density at radius 1 is 1.11 bits per heavy atom. The van der Waals surface area contributed by atoms with E-state index in [0.29, 0.717) is 22.2 Å². The first-order valence-corrected chi connectivity index (χ1v) is 7.53. The van der Waals surface area contributed by atoms with Crippen molar-refractivity contribution in [2.45, 2.75) is 45.4 Å². The molecule has 0 fully saturated rings. The summed E-state index contributed by atoms with van der Waals surface area (Å²) in [5.41, 5.74) is 0.333. The van der Waals surface area contributed by atoms with Gasteiger partial charge in [-0.05, 0) is 24.6 Å². The molecule has 0 saturated heterocycles. The fraction of sp³-hybridized carbons (Fsp3) is 0.533. The Labute approximate surface area is 125 Å². The standard InChI is InChI=1S/C15H20Cl2O2/c1-2-3-4-5-6-7-10-19-15(18)13-11-12(16)8-9-14(13)17/h8-9,11H,2-7,10H2,1H3. The van der Waals surface area contributed by atoms with Crippen LogP contribution >= 0.6 is 23.2 Å². The minimum atomic E-state index is -0.402. The number of ether oxygens (including phenoxy) is 1. The van der Waals surface area contributed by atoms with Crippen LogP contribution in [0.2, 0.25) is 10.0 Å². The number of benzene rings is 1. The summed E-state index contributed by atoms with van der Waals surface area (Å²) in [6, 6.07) is 4.78. The van der Waals surface area contributed by atoms with Crippen LogP contribution in [-0.2, 0) is 4.74 Å². The number of halogens is 2. The van der Waals surface area contributed by atoms with Gasteiger partial charge in [-0.25, -0.2) is 4.79 Å². The lowest BCUT2D eigenvalue weighted by Gasteiger charge is -2.06. The van der Waals surface area contributed by atoms with Gasteiger partial charge in [0.05, 0.1) is 17.2 Å². The van der Waals surface area contributed by atoms with Crippen molar-refractivity contribution in [3.8, 4) is 0 Å². The van der Waals surface area contributed by atoms with Crippen LogP contribution in [0.15, 0.2) is 18.2 Å². The van der Waals surface area contributed by atoms with Crippen LogP contribution in [0.3, 0.4) is 0 Å². The lowest BCUT2D eigenvalue weighted by molar-refractivity contribution is 0.0498. The molecule has 0 aromatic heterocycles. The average Bonchev–Trinajstić information content (AvgIpc) is 2.40. The molecule has 0 saturated carbocycles. The van der Waals surface area contributed by atoms with Crippen LogP contribution in [0.1, 0.15) is 55.8 Å². The summed E-state index contributed by atoms with van der Waals surface area (Å²) in [4.78, 5) is 11.8. The van der Waals surface area contributed by atoms with E-state index < -0.39 is 5.97 Å². The minimum Gasteiger partial charge on any atom is -0.462 e. The third-order valence-corrected chi connectivity index (χ3v) is 3.44. The van der Waals surface area contributed by atoms with E-state index in [9.17, 15) is 4.79 Å². The Morgan fingerprint density at radius 2 is 1.79 bits per heavy atom. The number of rotatable bonds is 8. The second kappa shape index (κ2) is 9.22. The van der Waals surface area contributed by atoms with Gasteiger partial charge in [-0.3, -0.25) is 0 Å². The molecule has 106 valence electrons. The molecule has 0 bridgehead atoms. The Morgan fingerprint density at radius 3 is 2.53 bits per heavy atom. The number of carbonyl (C=O) groups excluding carboxylic acids is 1. The van der Waals surface area contributed by atoms with E-state index in [1.54, 1.807) is 12.1 Å². The zero-order valence-electron chi connectivity index (χ0n) is 11.3. The summed E-state index contributed by atoms with van der Waals surface area (Å²) in [5, 5.41) is 0.855. The van der Waals surface area contributed by atoms with Crippen LogP contribution < -0.4 is 0 Å². The zero-order valence-corrected chi connectivity index (χ0v) is 12.8. The number of unbranched alkanes of at least 4 members (excludes halogenated alkanes) is 5. The molecule has 0 spiro atoms. The Bertz CT molecular complexity index is 405. The highest BCUT2D eigenvalue weighted by molar-refractivity contribution is 6.35. The quantitative estimate of drug-likeness (QED) is 0.467. The van der Waals surface area contributed by atoms with Crippen molar-refractivity contribution in [2.75, 3.05) is 6.61 Å². The molecule has 0 aliphatic heterocycles. The lowest BCUT2D eigenvalue weighted by Crippen LogP contribution is -2.07. The monoisotopic (exact) mass is 302 g/mol. The van der Waals surface area contributed by atoms with Gasteiger partial charge in [0.15, 0.2) is 0 Å². The fourth-order valence-corrected chi connectivity index (χ4v) is 2.15. The topological polar surface area (TPSA) is 26.3 Å². The molecule has 4 heteroatoms. The lowest BCUT2D eigenvalue weighted by atomic mass is 10.1. The van der Waals surface area contributed by atoms with Crippen LogP contribution in [-0.4, -0.2) is 12.6 Å². The molecule has 0 atom stereocenters. The van der Waals surface area contributed by atoms with Crippen molar-refractivity contribution in [1.29, 1.82) is 0 Å². The molecule has 0 unspecified atom stereocenters. The molecule has 0 N–H and O–H groups in total. The van der Waals surface area contributed by atoms with Crippen molar-refractivity contribution in [3.63, 3.8) is 0 Å². The normalized spacial score (nSPS) is 10.5. The van der Waals surface area contributed by atoms with Crippen molar-refractivity contribution >= 4 is 29.2 Å². The summed E-state index contributed by atoms with van der Waals surface area (Å²) in [5.74, 6) is -0.402. The highest BCUT2D eigenvalue weighted by Crippen LogP contribution is 2.21. The van der Waals surface area contributed by atoms with Gasteiger partial charge in [-0.1, -0.05) is 62.2 Å². The molecular weight excluding hydrogens is 283 g/mol. The van der Waals surface area contributed by atoms with Crippen molar-refractivity contribution in [3.05, 3.63) is 33.8 Å². The van der Waals surface area contributed by atoms with Gasteiger partial charge in [0.2, 0.25) is 0 Å². The van der Waals surface area contributed by atoms with Gasteiger partial charge in [-0.15, -0.1) is 0 Å². The van der Waals surface area contributed by atoms with E-state index in [1.807, 2.05) is 0 Å². The van der Waals surface area contributed by atoms with E-state index in [4.69, 9.17) is 27.9 Å². The van der Waals surface area contributed by atoms with Gasteiger partial charge in [0.25, 0.3) is 0 Å². The molecule has 0 aliphatic carbocycles. The molecule has 1 aromatic carbocycles. The summed E-state index contributed by atoms with van der Waals surface area (Å²) < 4.78 is 5.19. The van der Waals surface area contributed by atoms with Crippen molar-refractivity contribution in [2.24, 2.45) is 0 Å². The summed E-state index contributed by atoms with van der Waals surface area (Å²) in [7, 11) is 0. The van der Waals surface area contributed by atoms with Crippen LogP contribution in [0.4, 0.5) is 0 Å². The van der Waals surface area contributed by atoms with E-state index >= 15 is 0 Å². The first-order chi connectivity index (χ1) is 9.15. The van der Waals surface area contributed by atoms with Crippen molar-refractivity contribution in [1.82, 2.24) is 0 Å². The SMILES string of the molecule is CCCCCCCCOC(=O)c1cc(Cl)ccc1Cl. The molecule has 19 heavy (non-hydrogen) atoms. The van der Waals surface area contributed by atoms with Gasteiger partial charge in [0, 0.05) is 5.02 Å². The highest BCUT2D eigenvalue weighted by atomic mass is 35.5. The predicted octanol–water partition coefficient (Wildman–Crippen LogP) is 5.51. The molecule has 1 aromatic rings. The van der Waals surface area contributed by atoms with Crippen LogP contribution in [0.25, 0.3) is 0 Å². The van der Waals surface area contributed by atoms with Gasteiger partial charge >= 0.3 is 5.97 Å². The first-order valence-electron chi connectivity index (χ1n) is 6.77. The maximum atomic E-state index is 11.8. The first kappa shape index (κ1) is 16.3. The van der Waals surface area contributed by atoms with Gasteiger partial charge in [0.1, 0.15) is 0 Å². The number of hydrogen-bond acceptors (Lipinski definition) is 2. The zero-order chi connectivity index (χ0) is 14.1. The average molecular weight is 303 g/mol. The number of hydrogen-bond donors (Lipinski definition) is 0. The Balaban J connectivity index is 2.26. The van der Waals surface area contributed by atoms with Crippen LogP contribution in [0.5, 0.6) is 0 Å². The largest absolute Gasteiger partial charge is 0.462 e. The van der Waals surface area contributed by atoms with E-state index in [2.05, 4.69) is 6.92 Å². The summed E-state index contributed by atoms with van der Waals surface area (Å²) in [6.07, 6.45) is 6.96. The fourth-order valence-electron chi connectivity index (χ4n) is 1.78. The van der Waals surface area contributed by atoms with Gasteiger partial charge < -0.3 is 4.74 Å². The van der Waals surface area contributed by atoms with Crippen molar-refractivity contribution < 1.29 is 9.53 Å². The molecule has 0 heterocycles.